The normalized spacial score (nSPS) is 11.7. The summed E-state index contributed by atoms with van der Waals surface area (Å²) in [7, 11) is 0. The minimum atomic E-state index is 1.14. The molecule has 12 aromatic carbocycles. The first-order chi connectivity index (χ1) is 32.6. The molecule has 0 fully saturated rings. The molecule has 1 aromatic heterocycles. The van der Waals surface area contributed by atoms with Crippen LogP contribution in [0.3, 0.4) is 0 Å². The molecule has 0 atom stereocenters. The molecule has 1 nitrogen and oxygen atoms in total. The van der Waals surface area contributed by atoms with Crippen LogP contribution in [0, 0.1) is 6.92 Å². The van der Waals surface area contributed by atoms with Gasteiger partial charge in [0.2, 0.25) is 0 Å². The Labute approximate surface area is 384 Å². The van der Waals surface area contributed by atoms with E-state index in [1.807, 2.05) is 0 Å². The zero-order chi connectivity index (χ0) is 43.7. The van der Waals surface area contributed by atoms with Gasteiger partial charge in [-0.05, 0) is 142 Å². The fourth-order valence-corrected chi connectivity index (χ4v) is 10.5. The van der Waals surface area contributed by atoms with Crippen LogP contribution in [0.15, 0.2) is 243 Å². The molecule has 0 aliphatic heterocycles. The van der Waals surface area contributed by atoms with Gasteiger partial charge in [-0.25, -0.2) is 0 Å². The number of aromatic nitrogens is 1. The fraction of sp³-hybridized carbons (Fsp3) is 0.0154. The van der Waals surface area contributed by atoms with Crippen LogP contribution in [0.5, 0.6) is 0 Å². The lowest BCUT2D eigenvalue weighted by Gasteiger charge is -2.17. The largest absolute Gasteiger partial charge is 0.309 e. The molecule has 0 aliphatic carbocycles. The second-order valence-electron chi connectivity index (χ2n) is 17.7. The number of rotatable bonds is 7. The van der Waals surface area contributed by atoms with Gasteiger partial charge >= 0.3 is 0 Å². The quantitative estimate of drug-likeness (QED) is 0.141. The van der Waals surface area contributed by atoms with Gasteiger partial charge in [0, 0.05) is 16.5 Å². The second-order valence-corrected chi connectivity index (χ2v) is 17.7. The van der Waals surface area contributed by atoms with Crippen LogP contribution in [0.2, 0.25) is 0 Å². The lowest BCUT2D eigenvalue weighted by molar-refractivity contribution is 1.18. The SMILES string of the molecule is Cc1ccc(-c2ccc3ccc4c(-c5ccc(-n6c7ccc(-c8ccc(-c9ccccc9)cc8)cc7c7cc(-c8ccc(-c9ccccc9)cc8)ccc76)cc5)ccc5ccc2c3c54)cc1. The van der Waals surface area contributed by atoms with Gasteiger partial charge in [-0.1, -0.05) is 212 Å². The molecule has 0 unspecified atom stereocenters. The summed E-state index contributed by atoms with van der Waals surface area (Å²) in [5.41, 5.74) is 19.5. The Morgan fingerprint density at radius 2 is 0.606 bits per heavy atom. The Balaban J connectivity index is 0.924. The first kappa shape index (κ1) is 38.0. The lowest BCUT2D eigenvalue weighted by atomic mass is 9.87. The van der Waals surface area contributed by atoms with Crippen molar-refractivity contribution in [3.63, 3.8) is 0 Å². The van der Waals surface area contributed by atoms with E-state index in [2.05, 4.69) is 254 Å². The van der Waals surface area contributed by atoms with Crippen molar-refractivity contribution in [2.24, 2.45) is 0 Å². The molecule has 0 aliphatic rings. The highest BCUT2D eigenvalue weighted by Crippen LogP contribution is 2.43. The van der Waals surface area contributed by atoms with Crippen LogP contribution in [-0.2, 0) is 0 Å². The topological polar surface area (TPSA) is 4.93 Å². The molecule has 0 N–H and O–H groups in total. The van der Waals surface area contributed by atoms with Gasteiger partial charge in [0.15, 0.2) is 0 Å². The van der Waals surface area contributed by atoms with Gasteiger partial charge < -0.3 is 4.57 Å². The highest BCUT2D eigenvalue weighted by atomic mass is 15.0. The summed E-state index contributed by atoms with van der Waals surface area (Å²) in [6.45, 7) is 2.15. The summed E-state index contributed by atoms with van der Waals surface area (Å²) < 4.78 is 2.44. The predicted molar refractivity (Wildman–Crippen MR) is 282 cm³/mol. The molecule has 13 rings (SSSR count). The standard InChI is InChI=1S/C65H43N/c1-42-12-14-49(15-13-42)56-34-26-51-29-37-59-57(35-27-52-28-36-58(56)64(51)65(52)59)50-24-32-55(33-25-50)66-62-38-30-53(47-20-16-45(17-21-47)43-8-4-2-5-9-43)40-60(62)61-41-54(31-39-63(61)66)48-22-18-46(19-23-48)44-10-6-3-7-11-44/h2-41H,1H3. The van der Waals surface area contributed by atoms with Gasteiger partial charge in [-0.15, -0.1) is 0 Å². The third-order valence-corrected chi connectivity index (χ3v) is 13.9. The molecular formula is C65H43N. The van der Waals surface area contributed by atoms with E-state index in [1.165, 1.54) is 126 Å². The van der Waals surface area contributed by atoms with Gasteiger partial charge in [-0.3, -0.25) is 0 Å². The van der Waals surface area contributed by atoms with Crippen LogP contribution in [-0.4, -0.2) is 4.57 Å². The van der Waals surface area contributed by atoms with E-state index in [0.717, 1.165) is 5.69 Å². The Morgan fingerprint density at radius 3 is 1.05 bits per heavy atom. The van der Waals surface area contributed by atoms with Gasteiger partial charge in [0.1, 0.15) is 0 Å². The predicted octanol–water partition coefficient (Wildman–Crippen LogP) is 18.0. The second kappa shape index (κ2) is 15.3. The van der Waals surface area contributed by atoms with Crippen molar-refractivity contribution in [3.8, 4) is 72.4 Å². The van der Waals surface area contributed by atoms with Crippen molar-refractivity contribution in [1.29, 1.82) is 0 Å². The molecule has 66 heavy (non-hydrogen) atoms. The molecule has 13 aromatic rings. The number of benzene rings is 12. The molecule has 0 amide bonds. The maximum Gasteiger partial charge on any atom is 0.0541 e. The Morgan fingerprint density at radius 1 is 0.258 bits per heavy atom. The highest BCUT2D eigenvalue weighted by Gasteiger charge is 2.18. The van der Waals surface area contributed by atoms with Crippen molar-refractivity contribution in [2.45, 2.75) is 6.92 Å². The molecule has 1 heteroatoms. The van der Waals surface area contributed by atoms with Crippen LogP contribution in [0.4, 0.5) is 0 Å². The molecular weight excluding hydrogens is 795 g/mol. The molecule has 0 saturated carbocycles. The average Bonchev–Trinajstić information content (AvgIpc) is 3.72. The number of fused-ring (bicyclic) bond motifs is 3. The van der Waals surface area contributed by atoms with Crippen LogP contribution >= 0.6 is 0 Å². The van der Waals surface area contributed by atoms with Crippen molar-refractivity contribution in [1.82, 2.24) is 4.57 Å². The van der Waals surface area contributed by atoms with Gasteiger partial charge in [0.25, 0.3) is 0 Å². The van der Waals surface area contributed by atoms with E-state index in [-0.39, 0.29) is 0 Å². The Hall–Kier alpha value is -8.52. The van der Waals surface area contributed by atoms with E-state index in [0.29, 0.717) is 0 Å². The fourth-order valence-electron chi connectivity index (χ4n) is 10.5. The monoisotopic (exact) mass is 837 g/mol. The third kappa shape index (κ3) is 6.31. The van der Waals surface area contributed by atoms with E-state index < -0.39 is 0 Å². The number of aryl methyl sites for hydroxylation is 1. The number of nitrogens with zero attached hydrogens (tertiary/aromatic N) is 1. The lowest BCUT2D eigenvalue weighted by Crippen LogP contribution is -1.94. The summed E-state index contributed by atoms with van der Waals surface area (Å²) in [6.07, 6.45) is 0. The summed E-state index contributed by atoms with van der Waals surface area (Å²) in [6, 6.07) is 89.7. The van der Waals surface area contributed by atoms with Gasteiger partial charge in [-0.2, -0.15) is 0 Å². The van der Waals surface area contributed by atoms with E-state index >= 15 is 0 Å². The summed E-state index contributed by atoms with van der Waals surface area (Å²) in [5, 5.41) is 10.3. The van der Waals surface area contributed by atoms with Crippen molar-refractivity contribution in [2.75, 3.05) is 0 Å². The molecule has 0 radical (unpaired) electrons. The minimum Gasteiger partial charge on any atom is -0.309 e. The summed E-state index contributed by atoms with van der Waals surface area (Å²) in [4.78, 5) is 0. The Kier molecular flexibility index (Phi) is 8.82. The van der Waals surface area contributed by atoms with Crippen molar-refractivity contribution < 1.29 is 0 Å². The first-order valence-electron chi connectivity index (χ1n) is 22.9. The van der Waals surface area contributed by atoms with Crippen molar-refractivity contribution >= 4 is 54.1 Å². The summed E-state index contributed by atoms with van der Waals surface area (Å²) >= 11 is 0. The minimum absolute atomic E-state index is 1.14. The molecule has 1 heterocycles. The van der Waals surface area contributed by atoms with Gasteiger partial charge in [0.05, 0.1) is 11.0 Å². The van der Waals surface area contributed by atoms with E-state index in [4.69, 9.17) is 0 Å². The number of hydrogen-bond donors (Lipinski definition) is 0. The van der Waals surface area contributed by atoms with Crippen molar-refractivity contribution in [3.05, 3.63) is 248 Å². The third-order valence-electron chi connectivity index (χ3n) is 13.9. The molecule has 0 bridgehead atoms. The molecule has 0 saturated heterocycles. The summed E-state index contributed by atoms with van der Waals surface area (Å²) in [5.74, 6) is 0. The first-order valence-corrected chi connectivity index (χ1v) is 22.9. The molecule has 0 spiro atoms. The van der Waals surface area contributed by atoms with Crippen LogP contribution < -0.4 is 0 Å². The van der Waals surface area contributed by atoms with E-state index in [1.54, 1.807) is 0 Å². The average molecular weight is 838 g/mol. The maximum absolute atomic E-state index is 2.44. The van der Waals surface area contributed by atoms with Crippen LogP contribution in [0.25, 0.3) is 127 Å². The smallest absolute Gasteiger partial charge is 0.0541 e. The van der Waals surface area contributed by atoms with E-state index in [9.17, 15) is 0 Å². The van der Waals surface area contributed by atoms with Crippen LogP contribution in [0.1, 0.15) is 5.56 Å². The Bertz CT molecular complexity index is 3780. The maximum atomic E-state index is 2.44. The zero-order valence-electron chi connectivity index (χ0n) is 36.5. The number of hydrogen-bond acceptors (Lipinski definition) is 0. The zero-order valence-corrected chi connectivity index (χ0v) is 36.5. The molecule has 308 valence electrons. The highest BCUT2D eigenvalue weighted by molar-refractivity contribution is 6.27.